The molecule has 0 aliphatic heterocycles. The average Bonchev–Trinajstić information content (AvgIpc) is 2.48. The molecule has 0 aliphatic rings. The first-order valence-electron chi connectivity index (χ1n) is 7.70. The standard InChI is InChI=1S/C17H28N2O2/c1-4-21-12-15-8-6-5-7-14(15)11-19-17(20)16(10-18)9-13(2)3/h5-8,13,16H,4,9-12,18H2,1-3H3,(H,19,20). The number of carbonyl (C=O) groups is 1. The molecule has 0 saturated carbocycles. The summed E-state index contributed by atoms with van der Waals surface area (Å²) < 4.78 is 5.46. The van der Waals surface area contributed by atoms with E-state index in [2.05, 4.69) is 19.2 Å². The number of hydrogen-bond acceptors (Lipinski definition) is 3. The monoisotopic (exact) mass is 292 g/mol. The fourth-order valence-electron chi connectivity index (χ4n) is 2.29. The predicted octanol–water partition coefficient (Wildman–Crippen LogP) is 2.46. The first kappa shape index (κ1) is 17.7. The van der Waals surface area contributed by atoms with Gasteiger partial charge in [-0.15, -0.1) is 0 Å². The third kappa shape index (κ3) is 6.27. The van der Waals surface area contributed by atoms with Gasteiger partial charge in [-0.2, -0.15) is 0 Å². The molecule has 3 N–H and O–H groups in total. The minimum atomic E-state index is -0.107. The summed E-state index contributed by atoms with van der Waals surface area (Å²) >= 11 is 0. The molecule has 0 bridgehead atoms. The molecule has 1 aromatic rings. The van der Waals surface area contributed by atoms with E-state index in [9.17, 15) is 4.79 Å². The van der Waals surface area contributed by atoms with Crippen LogP contribution < -0.4 is 11.1 Å². The summed E-state index contributed by atoms with van der Waals surface area (Å²) in [6, 6.07) is 8.02. The van der Waals surface area contributed by atoms with Crippen molar-refractivity contribution >= 4 is 5.91 Å². The van der Waals surface area contributed by atoms with Gasteiger partial charge in [-0.1, -0.05) is 38.1 Å². The summed E-state index contributed by atoms with van der Waals surface area (Å²) in [5, 5.41) is 3.00. The zero-order chi connectivity index (χ0) is 15.7. The van der Waals surface area contributed by atoms with E-state index >= 15 is 0 Å². The molecule has 1 unspecified atom stereocenters. The number of rotatable bonds is 9. The van der Waals surface area contributed by atoms with Crippen molar-refractivity contribution in [2.75, 3.05) is 13.2 Å². The van der Waals surface area contributed by atoms with Crippen LogP contribution in [-0.2, 0) is 22.7 Å². The van der Waals surface area contributed by atoms with E-state index in [4.69, 9.17) is 10.5 Å². The van der Waals surface area contributed by atoms with Crippen molar-refractivity contribution in [3.05, 3.63) is 35.4 Å². The van der Waals surface area contributed by atoms with E-state index in [1.807, 2.05) is 31.2 Å². The topological polar surface area (TPSA) is 64.3 Å². The van der Waals surface area contributed by atoms with Crippen LogP contribution in [0.4, 0.5) is 0 Å². The Hall–Kier alpha value is -1.39. The number of carbonyl (C=O) groups excluding carboxylic acids is 1. The van der Waals surface area contributed by atoms with E-state index in [1.54, 1.807) is 0 Å². The predicted molar refractivity (Wildman–Crippen MR) is 85.6 cm³/mol. The number of benzene rings is 1. The van der Waals surface area contributed by atoms with E-state index in [-0.39, 0.29) is 11.8 Å². The Labute approximate surface area is 128 Å². The van der Waals surface area contributed by atoms with E-state index in [1.165, 1.54) is 0 Å². The molecule has 4 heteroatoms. The molecule has 21 heavy (non-hydrogen) atoms. The Bertz CT molecular complexity index is 433. The van der Waals surface area contributed by atoms with Crippen molar-refractivity contribution in [2.45, 2.75) is 40.3 Å². The molecule has 0 spiro atoms. The number of ether oxygens (including phenoxy) is 1. The number of amides is 1. The molecular formula is C17H28N2O2. The van der Waals surface area contributed by atoms with Gasteiger partial charge in [-0.25, -0.2) is 0 Å². The number of nitrogens with one attached hydrogen (secondary N) is 1. The van der Waals surface area contributed by atoms with Crippen molar-refractivity contribution in [1.29, 1.82) is 0 Å². The van der Waals surface area contributed by atoms with Crippen LogP contribution in [0, 0.1) is 11.8 Å². The maximum atomic E-state index is 12.2. The second-order valence-electron chi connectivity index (χ2n) is 5.69. The SMILES string of the molecule is CCOCc1ccccc1CNC(=O)C(CN)CC(C)C. The van der Waals surface area contributed by atoms with Gasteiger partial charge in [-0.05, 0) is 30.4 Å². The van der Waals surface area contributed by atoms with Gasteiger partial charge >= 0.3 is 0 Å². The molecule has 0 aliphatic carbocycles. The van der Waals surface area contributed by atoms with Gasteiger partial charge in [0.15, 0.2) is 0 Å². The molecule has 4 nitrogen and oxygen atoms in total. The molecule has 0 heterocycles. The lowest BCUT2D eigenvalue weighted by atomic mass is 9.96. The van der Waals surface area contributed by atoms with Gasteiger partial charge in [0, 0.05) is 19.7 Å². The zero-order valence-electron chi connectivity index (χ0n) is 13.4. The highest BCUT2D eigenvalue weighted by molar-refractivity contribution is 5.78. The van der Waals surface area contributed by atoms with Crippen LogP contribution in [0.3, 0.4) is 0 Å². The van der Waals surface area contributed by atoms with Crippen molar-refractivity contribution in [1.82, 2.24) is 5.32 Å². The molecule has 1 atom stereocenters. The minimum absolute atomic E-state index is 0.0393. The van der Waals surface area contributed by atoms with Crippen LogP contribution in [0.1, 0.15) is 38.3 Å². The highest BCUT2D eigenvalue weighted by Crippen LogP contribution is 2.13. The summed E-state index contributed by atoms with van der Waals surface area (Å²) in [6.45, 7) is 8.36. The molecule has 0 fully saturated rings. The Morgan fingerprint density at radius 1 is 1.29 bits per heavy atom. The van der Waals surface area contributed by atoms with Crippen LogP contribution in [0.15, 0.2) is 24.3 Å². The maximum absolute atomic E-state index is 12.2. The lowest BCUT2D eigenvalue weighted by Gasteiger charge is -2.17. The van der Waals surface area contributed by atoms with Crippen LogP contribution in [0.25, 0.3) is 0 Å². The summed E-state index contributed by atoms with van der Waals surface area (Å²) in [6.07, 6.45) is 0.822. The summed E-state index contributed by atoms with van der Waals surface area (Å²) in [5.74, 6) is 0.399. The molecule has 1 amide bonds. The van der Waals surface area contributed by atoms with Gasteiger partial charge in [0.05, 0.1) is 12.5 Å². The normalized spacial score (nSPS) is 12.4. The van der Waals surface area contributed by atoms with Crippen molar-refractivity contribution < 1.29 is 9.53 Å². The fourth-order valence-corrected chi connectivity index (χ4v) is 2.29. The van der Waals surface area contributed by atoms with Gasteiger partial charge in [0.2, 0.25) is 5.91 Å². The van der Waals surface area contributed by atoms with E-state index in [0.29, 0.717) is 32.2 Å². The smallest absolute Gasteiger partial charge is 0.224 e. The highest BCUT2D eigenvalue weighted by Gasteiger charge is 2.18. The van der Waals surface area contributed by atoms with Crippen LogP contribution >= 0.6 is 0 Å². The molecule has 1 rings (SSSR count). The van der Waals surface area contributed by atoms with Crippen molar-refractivity contribution in [2.24, 2.45) is 17.6 Å². The van der Waals surface area contributed by atoms with Crippen LogP contribution in [-0.4, -0.2) is 19.1 Å². The lowest BCUT2D eigenvalue weighted by molar-refractivity contribution is -0.125. The molecule has 0 aromatic heterocycles. The molecular weight excluding hydrogens is 264 g/mol. The third-order valence-corrected chi connectivity index (χ3v) is 3.44. The first-order chi connectivity index (χ1) is 10.1. The van der Waals surface area contributed by atoms with Gasteiger partial charge in [0.1, 0.15) is 0 Å². The largest absolute Gasteiger partial charge is 0.377 e. The highest BCUT2D eigenvalue weighted by atomic mass is 16.5. The first-order valence-corrected chi connectivity index (χ1v) is 7.70. The maximum Gasteiger partial charge on any atom is 0.224 e. The minimum Gasteiger partial charge on any atom is -0.377 e. The zero-order valence-corrected chi connectivity index (χ0v) is 13.4. The Kier molecular flexibility index (Phi) is 8.01. The number of hydrogen-bond donors (Lipinski definition) is 2. The molecule has 0 saturated heterocycles. The van der Waals surface area contributed by atoms with E-state index < -0.39 is 0 Å². The van der Waals surface area contributed by atoms with E-state index in [0.717, 1.165) is 17.5 Å². The van der Waals surface area contributed by atoms with Crippen LogP contribution in [0.2, 0.25) is 0 Å². The quantitative estimate of drug-likeness (QED) is 0.735. The van der Waals surface area contributed by atoms with Gasteiger partial charge in [0.25, 0.3) is 0 Å². The third-order valence-electron chi connectivity index (χ3n) is 3.44. The summed E-state index contributed by atoms with van der Waals surface area (Å²) in [5.41, 5.74) is 7.92. The average molecular weight is 292 g/mol. The second-order valence-corrected chi connectivity index (χ2v) is 5.69. The molecule has 1 aromatic carbocycles. The summed E-state index contributed by atoms with van der Waals surface area (Å²) in [7, 11) is 0. The second kappa shape index (κ2) is 9.53. The van der Waals surface area contributed by atoms with Crippen molar-refractivity contribution in [3.63, 3.8) is 0 Å². The Morgan fingerprint density at radius 2 is 1.95 bits per heavy atom. The Morgan fingerprint density at radius 3 is 2.52 bits per heavy atom. The fraction of sp³-hybridized carbons (Fsp3) is 0.588. The summed E-state index contributed by atoms with van der Waals surface area (Å²) in [4.78, 5) is 12.2. The van der Waals surface area contributed by atoms with Crippen molar-refractivity contribution in [3.8, 4) is 0 Å². The molecule has 118 valence electrons. The van der Waals surface area contributed by atoms with Crippen LogP contribution in [0.5, 0.6) is 0 Å². The van der Waals surface area contributed by atoms with Gasteiger partial charge < -0.3 is 15.8 Å². The lowest BCUT2D eigenvalue weighted by Crippen LogP contribution is -2.35. The Balaban J connectivity index is 2.59. The molecule has 0 radical (unpaired) electrons. The van der Waals surface area contributed by atoms with Gasteiger partial charge in [-0.3, -0.25) is 4.79 Å². The number of nitrogens with two attached hydrogens (primary N) is 1.